The monoisotopic (exact) mass is 502 g/mol. The average molecular weight is 503 g/mol. The van der Waals surface area contributed by atoms with Gasteiger partial charge >= 0.3 is 0 Å². The van der Waals surface area contributed by atoms with Gasteiger partial charge in [0.05, 0.1) is 18.3 Å². The molecule has 1 aliphatic heterocycles. The number of nitrogens with one attached hydrogen (secondary N) is 1. The minimum Gasteiger partial charge on any atom is -0.493 e. The summed E-state index contributed by atoms with van der Waals surface area (Å²) < 4.78 is 39.8. The molecule has 4 rings (SSSR count). The van der Waals surface area contributed by atoms with Gasteiger partial charge in [0.15, 0.2) is 17.3 Å². The Kier molecular flexibility index (Phi) is 7.35. The molecule has 1 N–H and O–H groups in total. The van der Waals surface area contributed by atoms with Crippen LogP contribution in [0.2, 0.25) is 5.02 Å². The van der Waals surface area contributed by atoms with E-state index in [2.05, 4.69) is 15.3 Å². The van der Waals surface area contributed by atoms with E-state index in [0.717, 1.165) is 11.6 Å². The largest absolute Gasteiger partial charge is 0.493 e. The second-order valence-electron chi connectivity index (χ2n) is 8.45. The van der Waals surface area contributed by atoms with E-state index >= 15 is 0 Å². The van der Waals surface area contributed by atoms with Gasteiger partial charge in [-0.2, -0.15) is 0 Å². The number of halogens is 3. The Morgan fingerprint density at radius 2 is 1.91 bits per heavy atom. The maximum atomic E-state index is 14.5. The zero-order chi connectivity index (χ0) is 25.1. The third kappa shape index (κ3) is 5.45. The fourth-order valence-electron chi connectivity index (χ4n) is 3.88. The highest BCUT2D eigenvalue weighted by Crippen LogP contribution is 2.37. The van der Waals surface area contributed by atoms with Crippen LogP contribution in [-0.4, -0.2) is 47.1 Å². The molecule has 1 saturated heterocycles. The number of rotatable bonds is 6. The third-order valence-corrected chi connectivity index (χ3v) is 6.01. The molecule has 0 spiro atoms. The van der Waals surface area contributed by atoms with Crippen molar-refractivity contribution >= 4 is 39.9 Å². The fourth-order valence-corrected chi connectivity index (χ4v) is 4.04. The number of nitrogens with zero attached hydrogens (tertiary/aromatic N) is 3. The molecule has 2 heterocycles. The first-order chi connectivity index (χ1) is 16.8. The Bertz CT molecular complexity index is 1290. The summed E-state index contributed by atoms with van der Waals surface area (Å²) in [5.41, 5.74) is 1.48. The highest BCUT2D eigenvalue weighted by molar-refractivity contribution is 6.31. The van der Waals surface area contributed by atoms with E-state index in [0.29, 0.717) is 54.2 Å². The zero-order valence-corrected chi connectivity index (χ0v) is 20.3. The van der Waals surface area contributed by atoms with E-state index in [9.17, 15) is 13.6 Å². The Morgan fingerprint density at radius 3 is 2.60 bits per heavy atom. The number of piperidine rings is 1. The Morgan fingerprint density at radius 1 is 1.17 bits per heavy atom. The van der Waals surface area contributed by atoms with Crippen molar-refractivity contribution in [1.29, 1.82) is 0 Å². The number of fused-ring (bicyclic) bond motifs is 1. The first-order valence-electron chi connectivity index (χ1n) is 11.1. The molecule has 0 radical (unpaired) electrons. The molecular formula is C25H25ClF2N4O3. The van der Waals surface area contributed by atoms with Crippen LogP contribution in [0.15, 0.2) is 42.2 Å². The number of anilines is 2. The van der Waals surface area contributed by atoms with E-state index < -0.39 is 16.7 Å². The summed E-state index contributed by atoms with van der Waals surface area (Å²) in [6.45, 7) is 4.96. The van der Waals surface area contributed by atoms with Gasteiger partial charge in [0.1, 0.15) is 29.1 Å². The van der Waals surface area contributed by atoms with Gasteiger partial charge in [-0.1, -0.05) is 17.2 Å². The molecule has 1 aliphatic rings. The molecule has 2 aromatic carbocycles. The molecule has 0 bridgehead atoms. The first-order valence-corrected chi connectivity index (χ1v) is 11.5. The quantitative estimate of drug-likeness (QED) is 0.347. The number of carbonyl (C=O) groups excluding carboxylic acids is 1. The summed E-state index contributed by atoms with van der Waals surface area (Å²) in [5.74, 6) is -0.501. The molecule has 1 amide bonds. The van der Waals surface area contributed by atoms with Crippen molar-refractivity contribution in [2.75, 3.05) is 25.5 Å². The number of likely N-dealkylation sites (tertiary alicyclic amines) is 1. The van der Waals surface area contributed by atoms with Gasteiger partial charge in [0, 0.05) is 43.5 Å². The Hall–Kier alpha value is -3.46. The van der Waals surface area contributed by atoms with Crippen LogP contribution in [-0.2, 0) is 4.79 Å². The number of amides is 1. The molecule has 0 atom stereocenters. The van der Waals surface area contributed by atoms with Crippen LogP contribution in [0.3, 0.4) is 0 Å². The van der Waals surface area contributed by atoms with Crippen LogP contribution >= 0.6 is 11.6 Å². The lowest BCUT2D eigenvalue weighted by molar-refractivity contribution is -0.127. The van der Waals surface area contributed by atoms with Gasteiger partial charge in [-0.3, -0.25) is 4.79 Å². The minimum absolute atomic E-state index is 0.00716. The molecule has 0 unspecified atom stereocenters. The molecule has 0 aliphatic carbocycles. The maximum absolute atomic E-state index is 14.5. The van der Waals surface area contributed by atoms with E-state index in [4.69, 9.17) is 21.1 Å². The minimum atomic E-state index is -0.919. The Labute approximate surface area is 206 Å². The number of benzene rings is 2. The highest BCUT2D eigenvalue weighted by atomic mass is 35.5. The predicted octanol–water partition coefficient (Wildman–Crippen LogP) is 5.65. The van der Waals surface area contributed by atoms with Crippen LogP contribution in [0.25, 0.3) is 10.9 Å². The second kappa shape index (κ2) is 10.4. The van der Waals surface area contributed by atoms with Gasteiger partial charge in [0.2, 0.25) is 5.91 Å². The molecular weight excluding hydrogens is 478 g/mol. The molecule has 7 nitrogen and oxygen atoms in total. The number of carbonyl (C=O) groups is 1. The summed E-state index contributed by atoms with van der Waals surface area (Å²) in [7, 11) is 1.53. The Balaban J connectivity index is 1.58. The summed E-state index contributed by atoms with van der Waals surface area (Å²) >= 11 is 5.71. The summed E-state index contributed by atoms with van der Waals surface area (Å²) in [6.07, 6.45) is 4.18. The van der Waals surface area contributed by atoms with Crippen molar-refractivity contribution in [3.8, 4) is 11.5 Å². The third-order valence-electron chi connectivity index (χ3n) is 5.67. The standard InChI is InChI=1S/C25H25ClF2N4O3/c1-14(2)10-22(33)32-8-6-15(7-9-32)35-21-11-16-19(12-20(21)34-3)29-13-30-25(16)31-18-5-4-17(27)23(26)24(18)28/h4-5,10-13,15H,6-9H2,1-3H3,(H,29,30,31). The zero-order valence-electron chi connectivity index (χ0n) is 19.6. The highest BCUT2D eigenvalue weighted by Gasteiger charge is 2.24. The van der Waals surface area contributed by atoms with Crippen LogP contribution in [0.4, 0.5) is 20.3 Å². The number of hydrogen-bond acceptors (Lipinski definition) is 6. The molecule has 3 aromatic rings. The predicted molar refractivity (Wildman–Crippen MR) is 130 cm³/mol. The van der Waals surface area contributed by atoms with Crippen molar-refractivity contribution < 1.29 is 23.0 Å². The number of ether oxygens (including phenoxy) is 2. The summed E-state index contributed by atoms with van der Waals surface area (Å²) in [4.78, 5) is 22.6. The summed E-state index contributed by atoms with van der Waals surface area (Å²) in [6, 6.07) is 5.75. The summed E-state index contributed by atoms with van der Waals surface area (Å²) in [5, 5.41) is 2.81. The van der Waals surface area contributed by atoms with Gasteiger partial charge < -0.3 is 19.7 Å². The van der Waals surface area contributed by atoms with Crippen LogP contribution < -0.4 is 14.8 Å². The smallest absolute Gasteiger partial charge is 0.246 e. The number of allylic oxidation sites excluding steroid dienone is 1. The van der Waals surface area contributed by atoms with Gasteiger partial charge in [-0.15, -0.1) is 0 Å². The number of methoxy groups -OCH3 is 1. The van der Waals surface area contributed by atoms with E-state index in [1.807, 2.05) is 18.7 Å². The lowest BCUT2D eigenvalue weighted by atomic mass is 10.1. The normalized spacial score (nSPS) is 14.1. The molecule has 35 heavy (non-hydrogen) atoms. The first kappa shape index (κ1) is 24.7. The van der Waals surface area contributed by atoms with E-state index in [1.165, 1.54) is 19.5 Å². The van der Waals surface area contributed by atoms with E-state index in [-0.39, 0.29) is 17.7 Å². The number of hydrogen-bond donors (Lipinski definition) is 1. The lowest BCUT2D eigenvalue weighted by Crippen LogP contribution is -2.41. The number of aromatic nitrogens is 2. The fraction of sp³-hybridized carbons (Fsp3) is 0.320. The second-order valence-corrected chi connectivity index (χ2v) is 8.83. The van der Waals surface area contributed by atoms with Crippen LogP contribution in [0, 0.1) is 11.6 Å². The maximum Gasteiger partial charge on any atom is 0.246 e. The van der Waals surface area contributed by atoms with Crippen molar-refractivity contribution in [3.63, 3.8) is 0 Å². The molecule has 0 saturated carbocycles. The van der Waals surface area contributed by atoms with Gasteiger partial charge in [0.25, 0.3) is 0 Å². The molecule has 1 aromatic heterocycles. The lowest BCUT2D eigenvalue weighted by Gasteiger charge is -2.32. The van der Waals surface area contributed by atoms with Crippen molar-refractivity contribution in [2.45, 2.75) is 32.8 Å². The van der Waals surface area contributed by atoms with Crippen molar-refractivity contribution in [3.05, 3.63) is 58.9 Å². The molecule has 184 valence electrons. The average Bonchev–Trinajstić information content (AvgIpc) is 2.84. The topological polar surface area (TPSA) is 76.6 Å². The SMILES string of the molecule is COc1cc2ncnc(Nc3ccc(F)c(Cl)c3F)c2cc1OC1CCN(C(=O)C=C(C)C)CC1. The molecule has 1 fully saturated rings. The van der Waals surface area contributed by atoms with Crippen molar-refractivity contribution in [1.82, 2.24) is 14.9 Å². The molecule has 10 heteroatoms. The van der Waals surface area contributed by atoms with Crippen LogP contribution in [0.5, 0.6) is 11.5 Å². The van der Waals surface area contributed by atoms with Gasteiger partial charge in [-0.05, 0) is 32.0 Å². The van der Waals surface area contributed by atoms with E-state index in [1.54, 1.807) is 18.2 Å². The van der Waals surface area contributed by atoms with Crippen LogP contribution in [0.1, 0.15) is 26.7 Å². The van der Waals surface area contributed by atoms with Gasteiger partial charge in [-0.25, -0.2) is 18.7 Å². The van der Waals surface area contributed by atoms with Crippen molar-refractivity contribution in [2.24, 2.45) is 0 Å².